The first-order valence-corrected chi connectivity index (χ1v) is 7.47. The van der Waals surface area contributed by atoms with Crippen molar-refractivity contribution in [1.82, 2.24) is 0 Å². The number of rotatable bonds is 5. The Morgan fingerprint density at radius 2 is 1.85 bits per heavy atom. The molecule has 2 N–H and O–H groups in total. The predicted octanol–water partition coefficient (Wildman–Crippen LogP) is 3.69. The summed E-state index contributed by atoms with van der Waals surface area (Å²) in [5.41, 5.74) is 2.04. The highest BCUT2D eigenvalue weighted by Crippen LogP contribution is 2.27. The van der Waals surface area contributed by atoms with E-state index in [1.54, 1.807) is 18.2 Å². The van der Waals surface area contributed by atoms with E-state index in [1.165, 1.54) is 17.3 Å². The van der Waals surface area contributed by atoms with Crippen molar-refractivity contribution in [3.05, 3.63) is 54.1 Å². The fourth-order valence-corrected chi connectivity index (χ4v) is 2.49. The summed E-state index contributed by atoms with van der Waals surface area (Å²) in [5, 5.41) is 12.5. The number of aryl methyl sites for hydroxylation is 1. The number of amides is 1. The summed E-state index contributed by atoms with van der Waals surface area (Å²) >= 11 is 1.32. The summed E-state index contributed by atoms with van der Waals surface area (Å²) in [6.45, 7) is 2.09. The van der Waals surface area contributed by atoms with Crippen LogP contribution >= 0.6 is 11.8 Å². The first-order chi connectivity index (χ1) is 9.69. The zero-order chi connectivity index (χ0) is 14.4. The summed E-state index contributed by atoms with van der Waals surface area (Å²) in [6, 6.07) is 14.8. The van der Waals surface area contributed by atoms with Crippen molar-refractivity contribution in [3.63, 3.8) is 0 Å². The van der Waals surface area contributed by atoms with Crippen LogP contribution in [0.1, 0.15) is 12.5 Å². The molecule has 4 heteroatoms. The van der Waals surface area contributed by atoms with E-state index in [-0.39, 0.29) is 17.4 Å². The van der Waals surface area contributed by atoms with Crippen LogP contribution in [0.3, 0.4) is 0 Å². The zero-order valence-corrected chi connectivity index (χ0v) is 12.1. The average molecular weight is 287 g/mol. The van der Waals surface area contributed by atoms with E-state index >= 15 is 0 Å². The Labute approximate surface area is 123 Å². The predicted molar refractivity (Wildman–Crippen MR) is 83.3 cm³/mol. The third-order valence-electron chi connectivity index (χ3n) is 2.87. The fraction of sp³-hybridized carbons (Fsp3) is 0.188. The molecule has 0 bridgehead atoms. The van der Waals surface area contributed by atoms with Crippen molar-refractivity contribution in [2.24, 2.45) is 0 Å². The van der Waals surface area contributed by atoms with Crippen molar-refractivity contribution in [2.75, 3.05) is 11.1 Å². The van der Waals surface area contributed by atoms with Crippen LogP contribution in [0, 0.1) is 0 Å². The van der Waals surface area contributed by atoms with E-state index < -0.39 is 0 Å². The van der Waals surface area contributed by atoms with Crippen LogP contribution in [0.2, 0.25) is 0 Å². The molecule has 0 saturated heterocycles. The topological polar surface area (TPSA) is 49.3 Å². The Bertz CT molecular complexity index is 581. The fourth-order valence-electron chi connectivity index (χ4n) is 1.74. The first kappa shape index (κ1) is 14.5. The maximum Gasteiger partial charge on any atom is 0.234 e. The SMILES string of the molecule is CCc1ccc(NC(=O)CSc2ccccc2O)cc1. The number of thioether (sulfide) groups is 1. The number of phenols is 1. The number of phenolic OH excluding ortho intramolecular Hbond substituents is 1. The standard InChI is InChI=1S/C16H17NO2S/c1-2-12-7-9-13(10-8-12)17-16(19)11-20-15-6-4-3-5-14(15)18/h3-10,18H,2,11H2,1H3,(H,17,19). The molecule has 0 atom stereocenters. The molecule has 0 fully saturated rings. The lowest BCUT2D eigenvalue weighted by Crippen LogP contribution is -2.13. The number of nitrogens with one attached hydrogen (secondary N) is 1. The third-order valence-corrected chi connectivity index (χ3v) is 3.93. The largest absolute Gasteiger partial charge is 0.507 e. The highest BCUT2D eigenvalue weighted by atomic mass is 32.2. The zero-order valence-electron chi connectivity index (χ0n) is 11.3. The molecule has 20 heavy (non-hydrogen) atoms. The average Bonchev–Trinajstić information content (AvgIpc) is 2.47. The van der Waals surface area contributed by atoms with Gasteiger partial charge in [-0.1, -0.05) is 31.2 Å². The number of para-hydroxylation sites is 1. The molecule has 0 radical (unpaired) electrons. The molecule has 0 aromatic heterocycles. The van der Waals surface area contributed by atoms with Gasteiger partial charge in [0.15, 0.2) is 0 Å². The van der Waals surface area contributed by atoms with Gasteiger partial charge in [-0.3, -0.25) is 4.79 Å². The molecule has 0 aliphatic carbocycles. The van der Waals surface area contributed by atoms with E-state index in [9.17, 15) is 9.90 Å². The minimum absolute atomic E-state index is 0.0810. The number of benzene rings is 2. The first-order valence-electron chi connectivity index (χ1n) is 6.48. The molecule has 2 aromatic carbocycles. The van der Waals surface area contributed by atoms with Crippen LogP contribution < -0.4 is 5.32 Å². The Kier molecular flexibility index (Phi) is 5.07. The van der Waals surface area contributed by atoms with Gasteiger partial charge in [-0.05, 0) is 36.2 Å². The quantitative estimate of drug-likeness (QED) is 0.825. The minimum Gasteiger partial charge on any atom is -0.507 e. The van der Waals surface area contributed by atoms with Gasteiger partial charge in [-0.2, -0.15) is 0 Å². The van der Waals surface area contributed by atoms with Crippen molar-refractivity contribution in [3.8, 4) is 5.75 Å². The Hall–Kier alpha value is -1.94. The van der Waals surface area contributed by atoms with Gasteiger partial charge in [-0.15, -0.1) is 11.8 Å². The molecule has 0 aliphatic heterocycles. The molecular weight excluding hydrogens is 270 g/mol. The highest BCUT2D eigenvalue weighted by molar-refractivity contribution is 8.00. The van der Waals surface area contributed by atoms with Crippen LogP contribution in [0.25, 0.3) is 0 Å². The van der Waals surface area contributed by atoms with Gasteiger partial charge in [0.2, 0.25) is 5.91 Å². The van der Waals surface area contributed by atoms with Crippen LogP contribution in [-0.4, -0.2) is 16.8 Å². The maximum atomic E-state index is 11.8. The van der Waals surface area contributed by atoms with Gasteiger partial charge in [-0.25, -0.2) is 0 Å². The Morgan fingerprint density at radius 1 is 1.15 bits per heavy atom. The molecule has 2 aromatic rings. The van der Waals surface area contributed by atoms with E-state index in [0.717, 1.165) is 12.1 Å². The van der Waals surface area contributed by atoms with Crippen LogP contribution in [0.4, 0.5) is 5.69 Å². The second-order valence-electron chi connectivity index (χ2n) is 4.36. The minimum atomic E-state index is -0.0810. The molecule has 2 rings (SSSR count). The summed E-state index contributed by atoms with van der Waals surface area (Å²) in [6.07, 6.45) is 0.983. The van der Waals surface area contributed by atoms with E-state index in [1.807, 2.05) is 30.3 Å². The van der Waals surface area contributed by atoms with E-state index in [2.05, 4.69) is 12.2 Å². The number of anilines is 1. The van der Waals surface area contributed by atoms with E-state index in [0.29, 0.717) is 4.90 Å². The lowest BCUT2D eigenvalue weighted by atomic mass is 10.1. The van der Waals surface area contributed by atoms with Crippen molar-refractivity contribution < 1.29 is 9.90 Å². The van der Waals surface area contributed by atoms with Gasteiger partial charge in [0, 0.05) is 10.6 Å². The van der Waals surface area contributed by atoms with Crippen LogP contribution in [-0.2, 0) is 11.2 Å². The smallest absolute Gasteiger partial charge is 0.234 e. The lowest BCUT2D eigenvalue weighted by Gasteiger charge is -2.06. The molecule has 0 heterocycles. The third kappa shape index (κ3) is 4.03. The van der Waals surface area contributed by atoms with Gasteiger partial charge >= 0.3 is 0 Å². The van der Waals surface area contributed by atoms with Gasteiger partial charge < -0.3 is 10.4 Å². The van der Waals surface area contributed by atoms with Crippen LogP contribution in [0.5, 0.6) is 5.75 Å². The van der Waals surface area contributed by atoms with Gasteiger partial charge in [0.05, 0.1) is 5.75 Å². The maximum absolute atomic E-state index is 11.8. The molecule has 0 saturated carbocycles. The molecular formula is C16H17NO2S. The van der Waals surface area contributed by atoms with Crippen molar-refractivity contribution in [2.45, 2.75) is 18.2 Å². The number of hydrogen-bond donors (Lipinski definition) is 2. The van der Waals surface area contributed by atoms with Gasteiger partial charge in [0.1, 0.15) is 5.75 Å². The summed E-state index contributed by atoms with van der Waals surface area (Å²) < 4.78 is 0. The normalized spacial score (nSPS) is 10.2. The van der Waals surface area contributed by atoms with Crippen molar-refractivity contribution >= 4 is 23.4 Å². The summed E-state index contributed by atoms with van der Waals surface area (Å²) in [4.78, 5) is 12.5. The van der Waals surface area contributed by atoms with Gasteiger partial charge in [0.25, 0.3) is 0 Å². The summed E-state index contributed by atoms with van der Waals surface area (Å²) in [7, 11) is 0. The number of aromatic hydroxyl groups is 1. The summed E-state index contributed by atoms with van der Waals surface area (Å²) in [5.74, 6) is 0.396. The Morgan fingerprint density at radius 3 is 2.50 bits per heavy atom. The molecule has 104 valence electrons. The number of hydrogen-bond acceptors (Lipinski definition) is 3. The second-order valence-corrected chi connectivity index (χ2v) is 5.37. The highest BCUT2D eigenvalue weighted by Gasteiger charge is 2.06. The Balaban J connectivity index is 1.87. The lowest BCUT2D eigenvalue weighted by molar-refractivity contribution is -0.113. The molecule has 1 amide bonds. The molecule has 0 aliphatic rings. The molecule has 3 nitrogen and oxygen atoms in total. The van der Waals surface area contributed by atoms with E-state index in [4.69, 9.17) is 0 Å². The molecule has 0 spiro atoms. The van der Waals surface area contributed by atoms with Crippen LogP contribution in [0.15, 0.2) is 53.4 Å². The monoisotopic (exact) mass is 287 g/mol. The number of carbonyl (C=O) groups is 1. The van der Waals surface area contributed by atoms with Crippen molar-refractivity contribution in [1.29, 1.82) is 0 Å². The second kappa shape index (κ2) is 7.01. The number of carbonyl (C=O) groups excluding carboxylic acids is 1. The molecule has 0 unspecified atom stereocenters.